The lowest BCUT2D eigenvalue weighted by Gasteiger charge is -2.07. The van der Waals surface area contributed by atoms with Gasteiger partial charge in [0.1, 0.15) is 16.3 Å². The number of hydrogen-bond acceptors (Lipinski definition) is 4. The Hall–Kier alpha value is -1.33. The predicted molar refractivity (Wildman–Crippen MR) is 43.7 cm³/mol. The lowest BCUT2D eigenvalue weighted by atomic mass is 10.3. The van der Waals surface area contributed by atoms with Crippen LogP contribution in [0.1, 0.15) is 5.56 Å². The first kappa shape index (κ1) is 10.7. The first-order chi connectivity index (χ1) is 6.50. The molecule has 0 bridgehead atoms. The minimum atomic E-state index is -4.58. The van der Waals surface area contributed by atoms with Gasteiger partial charge in [0.05, 0.1) is 7.11 Å². The molecule has 1 aromatic rings. The summed E-state index contributed by atoms with van der Waals surface area (Å²) in [4.78, 5) is 12.8. The smallest absolute Gasteiger partial charge is 0.422 e. The van der Waals surface area contributed by atoms with Gasteiger partial charge in [0.15, 0.2) is 0 Å². The van der Waals surface area contributed by atoms with E-state index in [-0.39, 0.29) is 5.75 Å². The van der Waals surface area contributed by atoms with E-state index in [1.807, 2.05) is 0 Å². The Bertz CT molecular complexity index is 379. The maximum absolute atomic E-state index is 12.4. The molecule has 0 N–H and O–H groups in total. The molecule has 1 rings (SSSR count). The third-order valence-corrected chi connectivity index (χ3v) is 2.24. The van der Waals surface area contributed by atoms with Crippen molar-refractivity contribution in [3.05, 3.63) is 10.9 Å². The number of alkyl halides is 3. The summed E-state index contributed by atoms with van der Waals surface area (Å²) in [6.07, 6.45) is -3.52. The number of ether oxygens (including phenoxy) is 1. The third-order valence-electron chi connectivity index (χ3n) is 1.39. The Balaban J connectivity index is 3.33. The number of nitrogens with zero attached hydrogens (tertiary/aromatic N) is 1. The fraction of sp³-hybridized carbons (Fsp3) is 0.286. The largest absolute Gasteiger partial charge is 0.495 e. The molecule has 0 aliphatic heterocycles. The normalized spacial score (nSPS) is 10.9. The van der Waals surface area contributed by atoms with Crippen LogP contribution in [0.2, 0.25) is 0 Å². The van der Waals surface area contributed by atoms with Gasteiger partial charge in [-0.05, 0) is 0 Å². The molecule has 7 heteroatoms. The lowest BCUT2D eigenvalue weighted by Crippen LogP contribution is -2.05. The number of halogens is 3. The number of carbonyl (C=O) groups excluding carboxylic acids is 1. The molecule has 0 aliphatic carbocycles. The molecule has 1 heterocycles. The Morgan fingerprint density at radius 1 is 1.57 bits per heavy atom. The van der Waals surface area contributed by atoms with Crippen molar-refractivity contribution >= 4 is 22.4 Å². The molecule has 0 fully saturated rings. The number of isocyanates is 1. The summed E-state index contributed by atoms with van der Waals surface area (Å²) in [5.41, 5.74) is -1.03. The molecule has 0 saturated carbocycles. The summed E-state index contributed by atoms with van der Waals surface area (Å²) in [5.74, 6) is -0.337. The van der Waals surface area contributed by atoms with Gasteiger partial charge in [0.25, 0.3) is 0 Å². The van der Waals surface area contributed by atoms with E-state index in [9.17, 15) is 18.0 Å². The number of methoxy groups -OCH3 is 1. The molecule has 0 atom stereocenters. The summed E-state index contributed by atoms with van der Waals surface area (Å²) >= 11 is 0.678. The minimum Gasteiger partial charge on any atom is -0.495 e. The Kier molecular flexibility index (Phi) is 2.93. The summed E-state index contributed by atoms with van der Waals surface area (Å²) in [5, 5.41) is 0.697. The molecular formula is C7H4F3NO2S. The van der Waals surface area contributed by atoms with Gasteiger partial charge in [0, 0.05) is 5.38 Å². The molecule has 76 valence electrons. The second kappa shape index (κ2) is 3.81. The van der Waals surface area contributed by atoms with Crippen LogP contribution < -0.4 is 4.74 Å². The first-order valence-electron chi connectivity index (χ1n) is 3.31. The summed E-state index contributed by atoms with van der Waals surface area (Å²) in [6, 6.07) is 0. The molecular weight excluding hydrogens is 219 g/mol. The number of rotatable bonds is 2. The molecule has 0 amide bonds. The fourth-order valence-electron chi connectivity index (χ4n) is 0.867. The standard InChI is InChI=1S/C7H4F3NO2S/c1-13-4-2-14-6(11-3-12)5(4)7(8,9)10/h2H,1H3. The van der Waals surface area contributed by atoms with Crippen LogP contribution in [0.15, 0.2) is 10.4 Å². The zero-order valence-corrected chi connectivity index (χ0v) is 7.70. The van der Waals surface area contributed by atoms with E-state index in [1.165, 1.54) is 0 Å². The highest BCUT2D eigenvalue weighted by atomic mass is 32.1. The van der Waals surface area contributed by atoms with Crippen molar-refractivity contribution in [1.29, 1.82) is 0 Å². The van der Waals surface area contributed by atoms with Crippen LogP contribution in [0.3, 0.4) is 0 Å². The van der Waals surface area contributed by atoms with Gasteiger partial charge in [-0.3, -0.25) is 0 Å². The second-order valence-electron chi connectivity index (χ2n) is 2.19. The quantitative estimate of drug-likeness (QED) is 0.571. The summed E-state index contributed by atoms with van der Waals surface area (Å²) in [6.45, 7) is 0. The number of hydrogen-bond donors (Lipinski definition) is 0. The highest BCUT2D eigenvalue weighted by molar-refractivity contribution is 7.14. The molecule has 0 aromatic carbocycles. The predicted octanol–water partition coefficient (Wildman–Crippen LogP) is 2.74. The molecule has 3 nitrogen and oxygen atoms in total. The van der Waals surface area contributed by atoms with Crippen LogP contribution in [0, 0.1) is 0 Å². The van der Waals surface area contributed by atoms with Crippen molar-refractivity contribution < 1.29 is 22.7 Å². The van der Waals surface area contributed by atoms with E-state index in [1.54, 1.807) is 0 Å². The van der Waals surface area contributed by atoms with Gasteiger partial charge in [-0.2, -0.15) is 18.2 Å². The monoisotopic (exact) mass is 223 g/mol. The average Bonchev–Trinajstić information content (AvgIpc) is 2.47. The molecule has 14 heavy (non-hydrogen) atoms. The minimum absolute atomic E-state index is 0.337. The lowest BCUT2D eigenvalue weighted by molar-refractivity contribution is -0.137. The Morgan fingerprint density at radius 2 is 2.21 bits per heavy atom. The molecule has 0 radical (unpaired) electrons. The van der Waals surface area contributed by atoms with Crippen LogP contribution in [-0.2, 0) is 11.0 Å². The van der Waals surface area contributed by atoms with E-state index < -0.39 is 16.7 Å². The highest BCUT2D eigenvalue weighted by Gasteiger charge is 2.38. The zero-order valence-electron chi connectivity index (χ0n) is 6.88. The molecule has 0 unspecified atom stereocenters. The summed E-state index contributed by atoms with van der Waals surface area (Å²) in [7, 11) is 1.12. The van der Waals surface area contributed by atoms with E-state index in [2.05, 4.69) is 9.73 Å². The van der Waals surface area contributed by atoms with Crippen molar-refractivity contribution in [2.75, 3.05) is 7.11 Å². The molecule has 0 spiro atoms. The van der Waals surface area contributed by atoms with Crippen LogP contribution in [-0.4, -0.2) is 13.2 Å². The van der Waals surface area contributed by atoms with Crippen LogP contribution in [0.25, 0.3) is 0 Å². The first-order valence-corrected chi connectivity index (χ1v) is 4.19. The SMILES string of the molecule is COc1csc(N=C=O)c1C(F)(F)F. The van der Waals surface area contributed by atoms with E-state index in [0.29, 0.717) is 11.3 Å². The van der Waals surface area contributed by atoms with Gasteiger partial charge in [-0.25, -0.2) is 4.79 Å². The van der Waals surface area contributed by atoms with Gasteiger partial charge in [-0.1, -0.05) is 0 Å². The fourth-order valence-corrected chi connectivity index (χ4v) is 1.72. The number of thiophene rings is 1. The third kappa shape index (κ3) is 1.94. The molecule has 0 aliphatic rings. The molecule has 1 aromatic heterocycles. The van der Waals surface area contributed by atoms with Crippen molar-refractivity contribution in [2.24, 2.45) is 4.99 Å². The maximum Gasteiger partial charge on any atom is 0.422 e. The summed E-state index contributed by atoms with van der Waals surface area (Å²) < 4.78 is 41.7. The van der Waals surface area contributed by atoms with Crippen LogP contribution in [0.4, 0.5) is 18.2 Å². The van der Waals surface area contributed by atoms with Gasteiger partial charge in [-0.15, -0.1) is 11.3 Å². The van der Waals surface area contributed by atoms with Gasteiger partial charge < -0.3 is 4.74 Å². The number of aliphatic imine (C=N–C) groups is 1. The Morgan fingerprint density at radius 3 is 2.64 bits per heavy atom. The van der Waals surface area contributed by atoms with Crippen molar-refractivity contribution in [3.63, 3.8) is 0 Å². The maximum atomic E-state index is 12.4. The van der Waals surface area contributed by atoms with Crippen molar-refractivity contribution in [1.82, 2.24) is 0 Å². The van der Waals surface area contributed by atoms with Crippen LogP contribution >= 0.6 is 11.3 Å². The van der Waals surface area contributed by atoms with Crippen LogP contribution in [0.5, 0.6) is 5.75 Å². The topological polar surface area (TPSA) is 38.7 Å². The average molecular weight is 223 g/mol. The van der Waals surface area contributed by atoms with Crippen molar-refractivity contribution in [2.45, 2.75) is 6.18 Å². The van der Waals surface area contributed by atoms with E-state index in [4.69, 9.17) is 0 Å². The molecule has 0 saturated heterocycles. The zero-order chi connectivity index (χ0) is 10.8. The van der Waals surface area contributed by atoms with Crippen molar-refractivity contribution in [3.8, 4) is 5.75 Å². The highest BCUT2D eigenvalue weighted by Crippen LogP contribution is 2.46. The Labute approximate surface area is 80.8 Å². The van der Waals surface area contributed by atoms with Gasteiger partial charge >= 0.3 is 6.18 Å². The van der Waals surface area contributed by atoms with E-state index >= 15 is 0 Å². The van der Waals surface area contributed by atoms with Gasteiger partial charge in [0.2, 0.25) is 6.08 Å². The van der Waals surface area contributed by atoms with E-state index in [0.717, 1.165) is 18.6 Å². The second-order valence-corrected chi connectivity index (χ2v) is 3.04.